The van der Waals surface area contributed by atoms with Crippen molar-refractivity contribution in [2.45, 2.75) is 71.9 Å². The zero-order chi connectivity index (χ0) is 13.2. The Labute approximate surface area is 112 Å². The molecule has 0 aliphatic carbocycles. The Hall–Kier alpha value is -0.830. The summed E-state index contributed by atoms with van der Waals surface area (Å²) in [5.41, 5.74) is 1.35. The molecule has 0 spiro atoms. The van der Waals surface area contributed by atoms with Crippen molar-refractivity contribution in [3.8, 4) is 0 Å². The molecule has 1 heterocycles. The monoisotopic (exact) mass is 251 g/mol. The molecule has 0 saturated carbocycles. The first kappa shape index (κ1) is 15.2. The zero-order valence-electron chi connectivity index (χ0n) is 12.3. The minimum absolute atomic E-state index is 0.484. The molecular weight excluding hydrogens is 222 g/mol. The molecule has 1 atom stereocenters. The summed E-state index contributed by atoms with van der Waals surface area (Å²) in [5, 5.41) is 8.01. The van der Waals surface area contributed by atoms with Gasteiger partial charge in [0.1, 0.15) is 0 Å². The molecule has 0 aromatic carbocycles. The van der Waals surface area contributed by atoms with Crippen molar-refractivity contribution in [1.29, 1.82) is 0 Å². The highest BCUT2D eigenvalue weighted by atomic mass is 15.3. The molecular formula is C15H29N3. The molecule has 0 aliphatic heterocycles. The fraction of sp³-hybridized carbons (Fsp3) is 0.800. The van der Waals surface area contributed by atoms with E-state index in [1.807, 2.05) is 6.20 Å². The number of hydrogen-bond donors (Lipinski definition) is 1. The van der Waals surface area contributed by atoms with Crippen LogP contribution in [0.1, 0.15) is 70.9 Å². The van der Waals surface area contributed by atoms with E-state index in [1.54, 1.807) is 0 Å². The summed E-state index contributed by atoms with van der Waals surface area (Å²) in [5.74, 6) is 0. The Bertz CT molecular complexity index is 306. The second kappa shape index (κ2) is 9.15. The fourth-order valence-electron chi connectivity index (χ4n) is 2.32. The predicted molar refractivity (Wildman–Crippen MR) is 77.7 cm³/mol. The van der Waals surface area contributed by atoms with Crippen molar-refractivity contribution in [3.63, 3.8) is 0 Å². The number of rotatable bonds is 10. The van der Waals surface area contributed by atoms with E-state index in [9.17, 15) is 0 Å². The van der Waals surface area contributed by atoms with Gasteiger partial charge in [-0.25, -0.2) is 0 Å². The van der Waals surface area contributed by atoms with Crippen molar-refractivity contribution < 1.29 is 0 Å². The lowest BCUT2D eigenvalue weighted by molar-refractivity contribution is 0.481. The minimum Gasteiger partial charge on any atom is -0.310 e. The lowest BCUT2D eigenvalue weighted by Crippen LogP contribution is -2.20. The van der Waals surface area contributed by atoms with E-state index in [2.05, 4.69) is 42.1 Å². The van der Waals surface area contributed by atoms with E-state index in [0.29, 0.717) is 6.04 Å². The Morgan fingerprint density at radius 3 is 2.67 bits per heavy atom. The largest absolute Gasteiger partial charge is 0.310 e. The van der Waals surface area contributed by atoms with Gasteiger partial charge in [0, 0.05) is 24.3 Å². The standard InChI is InChI=1S/C15H29N3/c1-4-7-8-9-10-15(16-6-3)14-12-17-18(13-14)11-5-2/h12-13,15-16H,4-11H2,1-3H3. The van der Waals surface area contributed by atoms with Gasteiger partial charge in [-0.3, -0.25) is 4.68 Å². The molecule has 0 aliphatic rings. The van der Waals surface area contributed by atoms with Crippen molar-refractivity contribution in [2.24, 2.45) is 0 Å². The van der Waals surface area contributed by atoms with Crippen LogP contribution in [-0.2, 0) is 6.54 Å². The second-order valence-corrected chi connectivity index (χ2v) is 5.00. The number of unbranched alkanes of at least 4 members (excludes halogenated alkanes) is 3. The van der Waals surface area contributed by atoms with Crippen molar-refractivity contribution >= 4 is 0 Å². The maximum absolute atomic E-state index is 4.43. The molecule has 0 fully saturated rings. The van der Waals surface area contributed by atoms with Crippen LogP contribution in [0.3, 0.4) is 0 Å². The Kier molecular flexibility index (Phi) is 7.74. The lowest BCUT2D eigenvalue weighted by Gasteiger charge is -2.16. The molecule has 1 aromatic heterocycles. The molecule has 1 unspecified atom stereocenters. The van der Waals surface area contributed by atoms with Gasteiger partial charge in [-0.1, -0.05) is 46.5 Å². The molecule has 1 N–H and O–H groups in total. The van der Waals surface area contributed by atoms with Gasteiger partial charge in [0.15, 0.2) is 0 Å². The van der Waals surface area contributed by atoms with Crippen LogP contribution in [0.2, 0.25) is 0 Å². The van der Waals surface area contributed by atoms with Gasteiger partial charge >= 0.3 is 0 Å². The van der Waals surface area contributed by atoms with E-state index >= 15 is 0 Å². The highest BCUT2D eigenvalue weighted by Crippen LogP contribution is 2.19. The van der Waals surface area contributed by atoms with Crippen LogP contribution in [-0.4, -0.2) is 16.3 Å². The topological polar surface area (TPSA) is 29.9 Å². The molecule has 104 valence electrons. The van der Waals surface area contributed by atoms with Crippen LogP contribution in [0.4, 0.5) is 0 Å². The van der Waals surface area contributed by atoms with E-state index in [0.717, 1.165) is 19.5 Å². The van der Waals surface area contributed by atoms with Crippen LogP contribution in [0.15, 0.2) is 12.4 Å². The van der Waals surface area contributed by atoms with Crippen molar-refractivity contribution in [1.82, 2.24) is 15.1 Å². The molecule has 1 rings (SSSR count). The highest BCUT2D eigenvalue weighted by molar-refractivity contribution is 5.10. The summed E-state index contributed by atoms with van der Waals surface area (Å²) in [6, 6.07) is 0.484. The second-order valence-electron chi connectivity index (χ2n) is 5.00. The van der Waals surface area contributed by atoms with E-state index in [4.69, 9.17) is 0 Å². The number of aryl methyl sites for hydroxylation is 1. The normalized spacial score (nSPS) is 12.8. The number of hydrogen-bond acceptors (Lipinski definition) is 2. The average Bonchev–Trinajstić information content (AvgIpc) is 2.82. The SMILES string of the molecule is CCCCCCC(NCC)c1cnn(CCC)c1. The van der Waals surface area contributed by atoms with Gasteiger partial charge in [-0.05, 0) is 19.4 Å². The number of aromatic nitrogens is 2. The Balaban J connectivity index is 2.48. The van der Waals surface area contributed by atoms with Gasteiger partial charge in [0.2, 0.25) is 0 Å². The molecule has 1 aromatic rings. The van der Waals surface area contributed by atoms with E-state index in [-0.39, 0.29) is 0 Å². The zero-order valence-corrected chi connectivity index (χ0v) is 12.3. The first-order valence-corrected chi connectivity index (χ1v) is 7.57. The third kappa shape index (κ3) is 5.21. The Morgan fingerprint density at radius 2 is 2.00 bits per heavy atom. The molecule has 3 nitrogen and oxygen atoms in total. The van der Waals surface area contributed by atoms with E-state index < -0.39 is 0 Å². The first-order valence-electron chi connectivity index (χ1n) is 7.57. The highest BCUT2D eigenvalue weighted by Gasteiger charge is 2.11. The summed E-state index contributed by atoms with van der Waals surface area (Å²) < 4.78 is 2.06. The third-order valence-electron chi connectivity index (χ3n) is 3.31. The van der Waals surface area contributed by atoms with Gasteiger partial charge in [-0.15, -0.1) is 0 Å². The maximum atomic E-state index is 4.43. The number of nitrogens with zero attached hydrogens (tertiary/aromatic N) is 2. The van der Waals surface area contributed by atoms with Gasteiger partial charge < -0.3 is 5.32 Å². The van der Waals surface area contributed by atoms with Crippen LogP contribution in [0, 0.1) is 0 Å². The van der Waals surface area contributed by atoms with Crippen LogP contribution < -0.4 is 5.32 Å². The fourth-order valence-corrected chi connectivity index (χ4v) is 2.32. The quantitative estimate of drug-likeness (QED) is 0.639. The minimum atomic E-state index is 0.484. The predicted octanol–water partition coefficient (Wildman–Crippen LogP) is 3.91. The summed E-state index contributed by atoms with van der Waals surface area (Å²) in [4.78, 5) is 0. The van der Waals surface area contributed by atoms with Gasteiger partial charge in [0.25, 0.3) is 0 Å². The van der Waals surface area contributed by atoms with Crippen molar-refractivity contribution in [2.75, 3.05) is 6.54 Å². The summed E-state index contributed by atoms with van der Waals surface area (Å²) >= 11 is 0. The van der Waals surface area contributed by atoms with Gasteiger partial charge in [0.05, 0.1) is 6.20 Å². The third-order valence-corrected chi connectivity index (χ3v) is 3.31. The first-order chi connectivity index (χ1) is 8.81. The Morgan fingerprint density at radius 1 is 1.17 bits per heavy atom. The average molecular weight is 251 g/mol. The van der Waals surface area contributed by atoms with E-state index in [1.165, 1.54) is 37.7 Å². The van der Waals surface area contributed by atoms with Gasteiger partial charge in [-0.2, -0.15) is 5.10 Å². The van der Waals surface area contributed by atoms with Crippen molar-refractivity contribution in [3.05, 3.63) is 18.0 Å². The van der Waals surface area contributed by atoms with Crippen LogP contribution in [0.25, 0.3) is 0 Å². The number of nitrogens with one attached hydrogen (secondary N) is 1. The molecule has 3 heteroatoms. The molecule has 0 bridgehead atoms. The smallest absolute Gasteiger partial charge is 0.0537 e. The van der Waals surface area contributed by atoms with Crippen LogP contribution >= 0.6 is 0 Å². The molecule has 0 amide bonds. The molecule has 0 radical (unpaired) electrons. The van der Waals surface area contributed by atoms with Crippen LogP contribution in [0.5, 0.6) is 0 Å². The lowest BCUT2D eigenvalue weighted by atomic mass is 10.0. The molecule has 18 heavy (non-hydrogen) atoms. The molecule has 0 saturated heterocycles. The summed E-state index contributed by atoms with van der Waals surface area (Å²) in [6.45, 7) is 8.67. The maximum Gasteiger partial charge on any atom is 0.0537 e. The summed E-state index contributed by atoms with van der Waals surface area (Å²) in [6.07, 6.45) is 11.9. The summed E-state index contributed by atoms with van der Waals surface area (Å²) in [7, 11) is 0.